The second-order valence-corrected chi connectivity index (χ2v) is 7.12. The third kappa shape index (κ3) is 4.31. The molecule has 0 saturated carbocycles. The van der Waals surface area contributed by atoms with Crippen molar-refractivity contribution in [3.63, 3.8) is 0 Å². The van der Waals surface area contributed by atoms with E-state index in [0.717, 1.165) is 23.5 Å². The molecule has 0 radical (unpaired) electrons. The summed E-state index contributed by atoms with van der Waals surface area (Å²) in [5, 5.41) is 8.27. The minimum Gasteiger partial charge on any atom is -0.493 e. The Bertz CT molecular complexity index is 953. The molecule has 0 N–H and O–H groups in total. The van der Waals surface area contributed by atoms with E-state index in [2.05, 4.69) is 10.2 Å². The number of benzene rings is 2. The van der Waals surface area contributed by atoms with Gasteiger partial charge in [0.2, 0.25) is 0 Å². The molecule has 3 aromatic rings. The van der Waals surface area contributed by atoms with Crippen molar-refractivity contribution >= 4 is 17.5 Å². The lowest BCUT2D eigenvalue weighted by atomic mass is 10.1. The molecular formula is C20H18N2O4S. The number of carbonyl (C=O) groups is 1. The zero-order chi connectivity index (χ0) is 18.6. The van der Waals surface area contributed by atoms with E-state index in [4.69, 9.17) is 13.9 Å². The van der Waals surface area contributed by atoms with Gasteiger partial charge in [-0.15, -0.1) is 10.2 Å². The maximum Gasteiger partial charge on any atom is 0.277 e. The summed E-state index contributed by atoms with van der Waals surface area (Å²) in [4.78, 5) is 12.4. The summed E-state index contributed by atoms with van der Waals surface area (Å²) in [7, 11) is 0. The van der Waals surface area contributed by atoms with Crippen molar-refractivity contribution in [3.8, 4) is 11.5 Å². The van der Waals surface area contributed by atoms with Crippen molar-refractivity contribution in [2.75, 3.05) is 12.4 Å². The van der Waals surface area contributed by atoms with Crippen LogP contribution < -0.4 is 9.47 Å². The summed E-state index contributed by atoms with van der Waals surface area (Å²) in [6.07, 6.45) is 0.845. The van der Waals surface area contributed by atoms with Gasteiger partial charge in [-0.2, -0.15) is 0 Å². The number of aromatic nitrogens is 2. The van der Waals surface area contributed by atoms with Gasteiger partial charge < -0.3 is 13.9 Å². The number of aryl methyl sites for hydroxylation is 1. The van der Waals surface area contributed by atoms with Crippen LogP contribution in [0.3, 0.4) is 0 Å². The number of fused-ring (bicyclic) bond motifs is 1. The van der Waals surface area contributed by atoms with Gasteiger partial charge in [0.25, 0.3) is 11.1 Å². The Morgan fingerprint density at radius 2 is 2.04 bits per heavy atom. The lowest BCUT2D eigenvalue weighted by Crippen LogP contribution is -2.02. The quantitative estimate of drug-likeness (QED) is 0.454. The topological polar surface area (TPSA) is 74.5 Å². The van der Waals surface area contributed by atoms with E-state index in [-0.39, 0.29) is 18.1 Å². The third-order valence-corrected chi connectivity index (χ3v) is 4.99. The average molecular weight is 382 g/mol. The molecular weight excluding hydrogens is 364 g/mol. The van der Waals surface area contributed by atoms with Gasteiger partial charge in [0.05, 0.1) is 12.4 Å². The summed E-state index contributed by atoms with van der Waals surface area (Å²) >= 11 is 1.22. The summed E-state index contributed by atoms with van der Waals surface area (Å²) < 4.78 is 16.6. The number of carbonyl (C=O) groups excluding carboxylic acids is 1. The largest absolute Gasteiger partial charge is 0.493 e. The second-order valence-electron chi connectivity index (χ2n) is 6.20. The monoisotopic (exact) mass is 382 g/mol. The zero-order valence-corrected chi connectivity index (χ0v) is 15.6. The average Bonchev–Trinajstić information content (AvgIpc) is 3.34. The first-order chi connectivity index (χ1) is 13.2. The molecule has 6 nitrogen and oxygen atoms in total. The van der Waals surface area contributed by atoms with Crippen LogP contribution in [-0.4, -0.2) is 28.3 Å². The number of rotatable bonds is 7. The molecule has 0 spiro atoms. The van der Waals surface area contributed by atoms with Gasteiger partial charge in [0.1, 0.15) is 11.5 Å². The first-order valence-corrected chi connectivity index (χ1v) is 9.59. The van der Waals surface area contributed by atoms with E-state index in [9.17, 15) is 4.79 Å². The molecule has 0 atom stereocenters. The molecule has 0 bridgehead atoms. The summed E-state index contributed by atoms with van der Waals surface area (Å²) in [6.45, 7) is 2.88. The number of ketones is 1. The molecule has 0 unspecified atom stereocenters. The number of thioether (sulfide) groups is 1. The molecule has 138 valence electrons. The first-order valence-electron chi connectivity index (χ1n) is 8.61. The highest BCUT2D eigenvalue weighted by molar-refractivity contribution is 7.99. The van der Waals surface area contributed by atoms with Gasteiger partial charge in [0.15, 0.2) is 12.4 Å². The first kappa shape index (κ1) is 17.6. The minimum atomic E-state index is 0.0188. The Morgan fingerprint density at radius 1 is 1.19 bits per heavy atom. The maximum absolute atomic E-state index is 12.4. The maximum atomic E-state index is 12.4. The predicted molar refractivity (Wildman–Crippen MR) is 101 cm³/mol. The fourth-order valence-corrected chi connectivity index (χ4v) is 3.38. The van der Waals surface area contributed by atoms with Crippen molar-refractivity contribution < 1.29 is 18.7 Å². The number of nitrogens with zero attached hydrogens (tertiary/aromatic N) is 2. The molecule has 0 fully saturated rings. The van der Waals surface area contributed by atoms with Crippen LogP contribution in [0.15, 0.2) is 52.1 Å². The molecule has 27 heavy (non-hydrogen) atoms. The van der Waals surface area contributed by atoms with Gasteiger partial charge in [-0.05, 0) is 42.8 Å². The molecule has 0 amide bonds. The lowest BCUT2D eigenvalue weighted by molar-refractivity contribution is 0.102. The zero-order valence-electron chi connectivity index (χ0n) is 14.8. The fourth-order valence-electron chi connectivity index (χ4n) is 2.71. The van der Waals surface area contributed by atoms with E-state index in [1.165, 1.54) is 17.3 Å². The SMILES string of the molecule is Cc1ccc(OCc2nnc(SCC(=O)c3ccc4c(c3)CCO4)o2)cc1. The molecule has 7 heteroatoms. The van der Waals surface area contributed by atoms with Crippen molar-refractivity contribution in [1.82, 2.24) is 10.2 Å². The Hall–Kier alpha value is -2.80. The molecule has 2 aromatic carbocycles. The lowest BCUT2D eigenvalue weighted by Gasteiger charge is -2.03. The Balaban J connectivity index is 1.30. The number of hydrogen-bond donors (Lipinski definition) is 0. The number of Topliss-reactive ketones (excluding diaryl/α,β-unsaturated/α-hetero) is 1. The number of hydrogen-bond acceptors (Lipinski definition) is 7. The van der Waals surface area contributed by atoms with Gasteiger partial charge in [-0.25, -0.2) is 0 Å². The van der Waals surface area contributed by atoms with Crippen LogP contribution in [0.4, 0.5) is 0 Å². The highest BCUT2D eigenvalue weighted by Gasteiger charge is 2.16. The minimum absolute atomic E-state index is 0.0188. The van der Waals surface area contributed by atoms with E-state index in [0.29, 0.717) is 23.3 Å². The van der Waals surface area contributed by atoms with Crippen LogP contribution in [0, 0.1) is 6.92 Å². The Labute approximate surface area is 160 Å². The highest BCUT2D eigenvalue weighted by atomic mass is 32.2. The summed E-state index contributed by atoms with van der Waals surface area (Å²) in [5.41, 5.74) is 2.92. The van der Waals surface area contributed by atoms with Crippen LogP contribution in [0.25, 0.3) is 0 Å². The normalized spacial score (nSPS) is 12.5. The smallest absolute Gasteiger partial charge is 0.277 e. The van der Waals surface area contributed by atoms with E-state index in [1.54, 1.807) is 6.07 Å². The predicted octanol–water partition coefficient (Wildman–Crippen LogP) is 3.87. The van der Waals surface area contributed by atoms with E-state index < -0.39 is 0 Å². The fraction of sp³-hybridized carbons (Fsp3) is 0.250. The van der Waals surface area contributed by atoms with Crippen molar-refractivity contribution in [1.29, 1.82) is 0 Å². The molecule has 0 aliphatic carbocycles. The molecule has 1 aliphatic heterocycles. The summed E-state index contributed by atoms with van der Waals surface area (Å²) in [5.74, 6) is 2.24. The Morgan fingerprint density at radius 3 is 2.89 bits per heavy atom. The molecule has 1 aromatic heterocycles. The van der Waals surface area contributed by atoms with Crippen LogP contribution in [-0.2, 0) is 13.0 Å². The molecule has 4 rings (SSSR count). The van der Waals surface area contributed by atoms with Crippen molar-refractivity contribution in [3.05, 3.63) is 65.0 Å². The van der Waals surface area contributed by atoms with Crippen LogP contribution in [0.5, 0.6) is 11.5 Å². The summed E-state index contributed by atoms with van der Waals surface area (Å²) in [6, 6.07) is 13.3. The molecule has 1 aliphatic rings. The Kier molecular flexibility index (Phi) is 5.11. The van der Waals surface area contributed by atoms with Crippen molar-refractivity contribution in [2.45, 2.75) is 25.2 Å². The van der Waals surface area contributed by atoms with Crippen LogP contribution >= 0.6 is 11.8 Å². The van der Waals surface area contributed by atoms with Crippen LogP contribution in [0.1, 0.15) is 27.4 Å². The molecule has 2 heterocycles. The van der Waals surface area contributed by atoms with Crippen molar-refractivity contribution in [2.24, 2.45) is 0 Å². The van der Waals surface area contributed by atoms with Gasteiger partial charge in [-0.1, -0.05) is 29.5 Å². The van der Waals surface area contributed by atoms with Gasteiger partial charge in [-0.3, -0.25) is 4.79 Å². The standard InChI is InChI=1S/C20H18N2O4S/c1-13-2-5-16(6-3-13)25-11-19-21-22-20(26-19)27-12-17(23)14-4-7-18-15(10-14)8-9-24-18/h2-7,10H,8-9,11-12H2,1H3. The number of ether oxygens (including phenoxy) is 2. The van der Waals surface area contributed by atoms with E-state index >= 15 is 0 Å². The van der Waals surface area contributed by atoms with Gasteiger partial charge in [0, 0.05) is 12.0 Å². The van der Waals surface area contributed by atoms with Gasteiger partial charge >= 0.3 is 0 Å². The molecule has 0 saturated heterocycles. The van der Waals surface area contributed by atoms with Crippen LogP contribution in [0.2, 0.25) is 0 Å². The highest BCUT2D eigenvalue weighted by Crippen LogP contribution is 2.27. The third-order valence-electron chi connectivity index (χ3n) is 4.17. The van der Waals surface area contributed by atoms with E-state index in [1.807, 2.05) is 43.3 Å². The second kappa shape index (κ2) is 7.84.